The van der Waals surface area contributed by atoms with E-state index in [-0.39, 0.29) is 13.0 Å². The van der Waals surface area contributed by atoms with Gasteiger partial charge in [0, 0.05) is 31.3 Å². The fourth-order valence-corrected chi connectivity index (χ4v) is 4.75. The van der Waals surface area contributed by atoms with Crippen LogP contribution in [0.1, 0.15) is 50.7 Å². The minimum atomic E-state index is -3.88. The summed E-state index contributed by atoms with van der Waals surface area (Å²) >= 11 is 0. The first kappa shape index (κ1) is 25.0. The summed E-state index contributed by atoms with van der Waals surface area (Å²) in [5, 5.41) is 0. The number of amides is 2. The topological polar surface area (TPSA) is 111 Å². The summed E-state index contributed by atoms with van der Waals surface area (Å²) in [6.07, 6.45) is 1.16. The normalized spacial score (nSPS) is 22.7. The van der Waals surface area contributed by atoms with Crippen molar-refractivity contribution in [3.05, 3.63) is 29.3 Å². The number of carbonyl (C=O) groups excluding carboxylic acids is 2. The molecule has 3 rings (SSSR count). The molecule has 3 atom stereocenters. The summed E-state index contributed by atoms with van der Waals surface area (Å²) in [6, 6.07) is 5.45. The molecule has 1 aromatic carbocycles. The number of sulfone groups is 1. The van der Waals surface area contributed by atoms with Gasteiger partial charge in [-0.2, -0.15) is 0 Å². The predicted molar refractivity (Wildman–Crippen MR) is 122 cm³/mol. The molecule has 1 unspecified atom stereocenters. The summed E-state index contributed by atoms with van der Waals surface area (Å²) in [4.78, 5) is 32.2. The number of hydrogen-bond acceptors (Lipinski definition) is 7. The lowest BCUT2D eigenvalue weighted by molar-refractivity contribution is -0.201. The maximum Gasteiger partial charge on any atom is 0.414 e. The molecule has 0 saturated carbocycles. The van der Waals surface area contributed by atoms with Gasteiger partial charge in [0.15, 0.2) is 20.9 Å². The number of nitrogens with one attached hydrogen (secondary N) is 1. The number of hydroxylamine groups is 1. The summed E-state index contributed by atoms with van der Waals surface area (Å²) < 4.78 is 34.2. The van der Waals surface area contributed by atoms with Crippen molar-refractivity contribution in [2.45, 2.75) is 63.6 Å². The number of aryl methyl sites for hydroxylation is 1. The lowest BCUT2D eigenvalue weighted by atomic mass is 10.0. The molecule has 1 N–H and O–H groups in total. The van der Waals surface area contributed by atoms with Gasteiger partial charge in [-0.05, 0) is 57.4 Å². The smallest absolute Gasteiger partial charge is 0.414 e. The summed E-state index contributed by atoms with van der Waals surface area (Å²) in [5.74, 6) is 4.97. The second kappa shape index (κ2) is 10.1. The van der Waals surface area contributed by atoms with E-state index in [2.05, 4.69) is 17.3 Å². The van der Waals surface area contributed by atoms with Crippen LogP contribution in [0.2, 0.25) is 0 Å². The quantitative estimate of drug-likeness (QED) is 0.473. The van der Waals surface area contributed by atoms with Crippen LogP contribution in [0.15, 0.2) is 18.2 Å². The number of ether oxygens (including phenoxy) is 2. The highest BCUT2D eigenvalue weighted by atomic mass is 32.2. The second-order valence-corrected chi connectivity index (χ2v) is 11.0. The highest BCUT2D eigenvalue weighted by Gasteiger charge is 2.49. The molecular weight excluding hydrogens is 448 g/mol. The van der Waals surface area contributed by atoms with E-state index in [9.17, 15) is 18.0 Å². The monoisotopic (exact) mass is 478 g/mol. The van der Waals surface area contributed by atoms with E-state index in [1.54, 1.807) is 19.1 Å². The molecule has 2 amide bonds. The van der Waals surface area contributed by atoms with Gasteiger partial charge in [-0.25, -0.2) is 23.5 Å². The maximum absolute atomic E-state index is 12.9. The largest absolute Gasteiger partial charge is 0.444 e. The van der Waals surface area contributed by atoms with Crippen LogP contribution < -0.4 is 10.4 Å². The molecule has 0 aromatic heterocycles. The third-order valence-corrected chi connectivity index (χ3v) is 7.96. The van der Waals surface area contributed by atoms with Crippen molar-refractivity contribution >= 4 is 27.5 Å². The Morgan fingerprint density at radius 2 is 2.12 bits per heavy atom. The van der Waals surface area contributed by atoms with E-state index in [0.29, 0.717) is 18.7 Å². The SMILES string of the molecule is CC#Cc1ccc(N2C[C@H](C[C@](C)(C(=O)NOC3CCCCO3)S(C)(=O)=O)OC2=O)c(C)c1. The van der Waals surface area contributed by atoms with Gasteiger partial charge in [0.25, 0.3) is 5.91 Å². The lowest BCUT2D eigenvalue weighted by Crippen LogP contribution is -2.53. The molecule has 0 aliphatic carbocycles. The number of rotatable bonds is 7. The molecule has 2 saturated heterocycles. The molecule has 2 aliphatic rings. The van der Waals surface area contributed by atoms with E-state index < -0.39 is 39.0 Å². The lowest BCUT2D eigenvalue weighted by Gasteiger charge is -2.29. The van der Waals surface area contributed by atoms with Crippen molar-refractivity contribution in [1.29, 1.82) is 0 Å². The van der Waals surface area contributed by atoms with Gasteiger partial charge in [-0.1, -0.05) is 5.92 Å². The summed E-state index contributed by atoms with van der Waals surface area (Å²) in [6.45, 7) is 5.54. The van der Waals surface area contributed by atoms with Crippen molar-refractivity contribution < 1.29 is 32.3 Å². The van der Waals surface area contributed by atoms with Crippen LogP contribution in [0.25, 0.3) is 0 Å². The van der Waals surface area contributed by atoms with Gasteiger partial charge in [0.05, 0.1) is 12.2 Å². The fraction of sp³-hybridized carbons (Fsp3) is 0.565. The third-order valence-electron chi connectivity index (χ3n) is 5.97. The zero-order valence-electron chi connectivity index (χ0n) is 19.3. The second-order valence-electron chi connectivity index (χ2n) is 8.54. The number of nitrogens with zero attached hydrogens (tertiary/aromatic N) is 1. The number of anilines is 1. The highest BCUT2D eigenvalue weighted by molar-refractivity contribution is 7.92. The first-order chi connectivity index (χ1) is 15.5. The van der Waals surface area contributed by atoms with Crippen LogP contribution in [0.4, 0.5) is 10.5 Å². The van der Waals surface area contributed by atoms with Crippen molar-refractivity contribution in [2.24, 2.45) is 0 Å². The molecule has 0 radical (unpaired) electrons. The molecule has 0 bridgehead atoms. The Morgan fingerprint density at radius 3 is 2.73 bits per heavy atom. The number of hydrogen-bond donors (Lipinski definition) is 1. The Bertz CT molecular complexity index is 1070. The van der Waals surface area contributed by atoms with E-state index in [1.165, 1.54) is 11.8 Å². The van der Waals surface area contributed by atoms with Crippen LogP contribution in [0, 0.1) is 18.8 Å². The number of benzene rings is 1. The van der Waals surface area contributed by atoms with E-state index in [4.69, 9.17) is 14.3 Å². The van der Waals surface area contributed by atoms with E-state index >= 15 is 0 Å². The molecular formula is C23H30N2O7S. The third kappa shape index (κ3) is 5.66. The number of carbonyl (C=O) groups is 2. The molecule has 10 heteroatoms. The zero-order chi connectivity index (χ0) is 24.2. The van der Waals surface area contributed by atoms with Crippen LogP contribution >= 0.6 is 0 Å². The molecule has 1 aromatic rings. The molecule has 2 aliphatic heterocycles. The van der Waals surface area contributed by atoms with E-state index in [0.717, 1.165) is 30.2 Å². The van der Waals surface area contributed by atoms with Crippen molar-refractivity contribution in [1.82, 2.24) is 5.48 Å². The zero-order valence-corrected chi connectivity index (χ0v) is 20.2. The minimum absolute atomic E-state index is 0.115. The van der Waals surface area contributed by atoms with Crippen LogP contribution in [-0.2, 0) is 28.9 Å². The summed E-state index contributed by atoms with van der Waals surface area (Å²) in [7, 11) is -3.88. The van der Waals surface area contributed by atoms with Gasteiger partial charge in [0.2, 0.25) is 0 Å². The molecule has 33 heavy (non-hydrogen) atoms. The standard InChI is InChI=1S/C23H30N2O7S/c1-5-8-17-10-11-19(16(2)13-17)25-15-18(31-22(25)27)14-23(3,33(4,28)29)21(26)24-32-20-9-6-7-12-30-20/h10-11,13,18,20H,6-7,9,12,14-15H2,1-4H3,(H,24,26)/t18-,20?,23+/m0/s1. The summed E-state index contributed by atoms with van der Waals surface area (Å²) in [5.41, 5.74) is 4.55. The van der Waals surface area contributed by atoms with E-state index in [1.807, 2.05) is 13.0 Å². The average Bonchev–Trinajstić information content (AvgIpc) is 3.11. The van der Waals surface area contributed by atoms with Gasteiger partial charge < -0.3 is 9.47 Å². The van der Waals surface area contributed by atoms with Crippen molar-refractivity contribution in [3.8, 4) is 11.8 Å². The Morgan fingerprint density at radius 1 is 1.36 bits per heavy atom. The average molecular weight is 479 g/mol. The Balaban J connectivity index is 1.72. The van der Waals surface area contributed by atoms with Crippen LogP contribution in [-0.4, -0.2) is 57.0 Å². The maximum atomic E-state index is 12.9. The van der Waals surface area contributed by atoms with Crippen LogP contribution in [0.5, 0.6) is 0 Å². The Labute approximate surface area is 194 Å². The molecule has 180 valence electrons. The minimum Gasteiger partial charge on any atom is -0.444 e. The molecule has 2 heterocycles. The van der Waals surface area contributed by atoms with Gasteiger partial charge in [-0.3, -0.25) is 9.69 Å². The van der Waals surface area contributed by atoms with Gasteiger partial charge in [0.1, 0.15) is 6.10 Å². The molecule has 9 nitrogen and oxygen atoms in total. The Kier molecular flexibility index (Phi) is 7.67. The predicted octanol–water partition coefficient (Wildman–Crippen LogP) is 2.46. The highest BCUT2D eigenvalue weighted by Crippen LogP contribution is 2.31. The first-order valence-electron chi connectivity index (χ1n) is 10.8. The van der Waals surface area contributed by atoms with Gasteiger partial charge >= 0.3 is 6.09 Å². The Hall–Kier alpha value is -2.61. The van der Waals surface area contributed by atoms with Gasteiger partial charge in [-0.15, -0.1) is 5.92 Å². The number of cyclic esters (lactones) is 1. The van der Waals surface area contributed by atoms with Crippen molar-refractivity contribution in [2.75, 3.05) is 24.3 Å². The first-order valence-corrected chi connectivity index (χ1v) is 12.7. The molecule has 2 fully saturated rings. The fourth-order valence-electron chi connectivity index (χ4n) is 3.88. The van der Waals surface area contributed by atoms with Crippen molar-refractivity contribution in [3.63, 3.8) is 0 Å². The van der Waals surface area contributed by atoms with Crippen LogP contribution in [0.3, 0.4) is 0 Å². The molecule has 0 spiro atoms.